The number of furan rings is 1. The molecule has 3 rings (SSSR count). The van der Waals surface area contributed by atoms with Gasteiger partial charge < -0.3 is 8.83 Å². The van der Waals surface area contributed by atoms with Crippen LogP contribution in [0.2, 0.25) is 0 Å². The van der Waals surface area contributed by atoms with E-state index in [4.69, 9.17) is 8.83 Å². The number of benzene rings is 1. The fourth-order valence-corrected chi connectivity index (χ4v) is 2.88. The van der Waals surface area contributed by atoms with Gasteiger partial charge in [0, 0.05) is 5.56 Å². The molecule has 0 aliphatic carbocycles. The van der Waals surface area contributed by atoms with Gasteiger partial charge in [-0.3, -0.25) is 4.21 Å². The maximum absolute atomic E-state index is 12.2. The zero-order chi connectivity index (χ0) is 13.9. The second kappa shape index (κ2) is 5.42. The first kappa shape index (κ1) is 12.8. The molecule has 1 atom stereocenters. The van der Waals surface area contributed by atoms with Crippen molar-refractivity contribution < 1.29 is 13.0 Å². The summed E-state index contributed by atoms with van der Waals surface area (Å²) in [5.41, 5.74) is 0.844. The minimum absolute atomic E-state index is 0.181. The number of nitrogens with zero attached hydrogens (tertiary/aromatic N) is 2. The first-order chi connectivity index (χ1) is 9.74. The van der Waals surface area contributed by atoms with Crippen LogP contribution < -0.4 is 0 Å². The largest absolute Gasteiger partial charge is 0.468 e. The molecule has 2 aromatic heterocycles. The van der Waals surface area contributed by atoms with Crippen LogP contribution in [-0.2, 0) is 16.6 Å². The standard InChI is InChI=1S/C14H12N2O3S/c1-10-12(7-8-18-10)20(17)9-13-15-16-14(19-13)11-5-3-2-4-6-11/h2-8H,9H2,1H3/t20-/m0/s1. The minimum atomic E-state index is -1.25. The third kappa shape index (κ3) is 2.55. The highest BCUT2D eigenvalue weighted by atomic mass is 32.2. The van der Waals surface area contributed by atoms with Crippen LogP contribution in [0.15, 0.2) is 56.4 Å². The molecule has 0 spiro atoms. The van der Waals surface area contributed by atoms with Crippen molar-refractivity contribution in [1.29, 1.82) is 0 Å². The van der Waals surface area contributed by atoms with E-state index in [2.05, 4.69) is 10.2 Å². The number of aryl methyl sites for hydroxylation is 1. The van der Waals surface area contributed by atoms with Gasteiger partial charge in [0.1, 0.15) is 11.5 Å². The summed E-state index contributed by atoms with van der Waals surface area (Å²) in [6, 6.07) is 11.2. The van der Waals surface area contributed by atoms with Crippen LogP contribution >= 0.6 is 0 Å². The Labute approximate surface area is 118 Å². The summed E-state index contributed by atoms with van der Waals surface area (Å²) in [4.78, 5) is 0.657. The average Bonchev–Trinajstić information content (AvgIpc) is 3.09. The summed E-state index contributed by atoms with van der Waals surface area (Å²) in [6.07, 6.45) is 1.52. The molecule has 0 bridgehead atoms. The molecule has 0 aliphatic rings. The Bertz CT molecular complexity index is 734. The van der Waals surface area contributed by atoms with E-state index in [1.807, 2.05) is 30.3 Å². The molecule has 1 aromatic carbocycles. The molecule has 0 radical (unpaired) electrons. The molecule has 0 saturated heterocycles. The second-order valence-corrected chi connectivity index (χ2v) is 5.62. The van der Waals surface area contributed by atoms with Gasteiger partial charge in [0.2, 0.25) is 11.8 Å². The Hall–Kier alpha value is -2.21. The first-order valence-electron chi connectivity index (χ1n) is 6.04. The van der Waals surface area contributed by atoms with Crippen molar-refractivity contribution in [1.82, 2.24) is 10.2 Å². The minimum Gasteiger partial charge on any atom is -0.468 e. The molecule has 5 nitrogen and oxygen atoms in total. The van der Waals surface area contributed by atoms with Gasteiger partial charge in [-0.25, -0.2) is 0 Å². The van der Waals surface area contributed by atoms with Crippen molar-refractivity contribution >= 4 is 10.8 Å². The van der Waals surface area contributed by atoms with Gasteiger partial charge in [-0.15, -0.1) is 10.2 Å². The lowest BCUT2D eigenvalue weighted by Gasteiger charge is -1.96. The highest BCUT2D eigenvalue weighted by Gasteiger charge is 2.15. The Kier molecular flexibility index (Phi) is 3.47. The molecule has 102 valence electrons. The van der Waals surface area contributed by atoms with Crippen LogP contribution in [0.5, 0.6) is 0 Å². The van der Waals surface area contributed by atoms with Crippen molar-refractivity contribution in [2.45, 2.75) is 17.6 Å². The third-order valence-electron chi connectivity index (χ3n) is 2.80. The lowest BCUT2D eigenvalue weighted by Crippen LogP contribution is -1.96. The van der Waals surface area contributed by atoms with E-state index < -0.39 is 10.8 Å². The zero-order valence-electron chi connectivity index (χ0n) is 10.8. The smallest absolute Gasteiger partial charge is 0.247 e. The average molecular weight is 288 g/mol. The molecule has 0 N–H and O–H groups in total. The van der Waals surface area contributed by atoms with E-state index >= 15 is 0 Å². The zero-order valence-corrected chi connectivity index (χ0v) is 11.6. The summed E-state index contributed by atoms with van der Waals surface area (Å²) in [6.45, 7) is 1.77. The Morgan fingerprint density at radius 1 is 1.15 bits per heavy atom. The predicted octanol–water partition coefficient (Wildman–Crippen LogP) is 2.95. The molecule has 2 heterocycles. The molecule has 0 amide bonds. The van der Waals surface area contributed by atoms with E-state index in [9.17, 15) is 4.21 Å². The first-order valence-corrected chi connectivity index (χ1v) is 7.36. The Morgan fingerprint density at radius 3 is 2.65 bits per heavy atom. The van der Waals surface area contributed by atoms with Gasteiger partial charge in [0.25, 0.3) is 0 Å². The number of hydrogen-bond acceptors (Lipinski definition) is 5. The molecule has 20 heavy (non-hydrogen) atoms. The number of aromatic nitrogens is 2. The maximum Gasteiger partial charge on any atom is 0.247 e. The lowest BCUT2D eigenvalue weighted by molar-refractivity contribution is 0.521. The summed E-state index contributed by atoms with van der Waals surface area (Å²) in [5.74, 6) is 1.61. The summed E-state index contributed by atoms with van der Waals surface area (Å²) < 4.78 is 22.8. The molecular formula is C14H12N2O3S. The van der Waals surface area contributed by atoms with Crippen LogP contribution in [0.1, 0.15) is 11.7 Å². The molecule has 3 aromatic rings. The molecule has 6 heteroatoms. The van der Waals surface area contributed by atoms with Crippen LogP contribution in [0, 0.1) is 6.92 Å². The summed E-state index contributed by atoms with van der Waals surface area (Å²) in [5, 5.41) is 7.90. The van der Waals surface area contributed by atoms with Crippen molar-refractivity contribution in [2.24, 2.45) is 0 Å². The highest BCUT2D eigenvalue weighted by molar-refractivity contribution is 7.84. The summed E-state index contributed by atoms with van der Waals surface area (Å²) >= 11 is 0. The van der Waals surface area contributed by atoms with E-state index in [-0.39, 0.29) is 5.75 Å². The topological polar surface area (TPSA) is 69.1 Å². The lowest BCUT2D eigenvalue weighted by atomic mass is 10.2. The molecule has 0 aliphatic heterocycles. The van der Waals surface area contributed by atoms with Gasteiger partial charge in [-0.1, -0.05) is 18.2 Å². The SMILES string of the molecule is Cc1occc1[S@@](=O)Cc1nnc(-c2ccccc2)o1. The quantitative estimate of drug-likeness (QED) is 0.738. The van der Waals surface area contributed by atoms with E-state index in [0.717, 1.165) is 5.56 Å². The van der Waals surface area contributed by atoms with E-state index in [1.54, 1.807) is 13.0 Å². The van der Waals surface area contributed by atoms with Crippen LogP contribution in [0.25, 0.3) is 11.5 Å². The Morgan fingerprint density at radius 2 is 1.95 bits per heavy atom. The van der Waals surface area contributed by atoms with Gasteiger partial charge >= 0.3 is 0 Å². The van der Waals surface area contributed by atoms with E-state index in [1.165, 1.54) is 6.26 Å². The highest BCUT2D eigenvalue weighted by Crippen LogP contribution is 2.20. The van der Waals surface area contributed by atoms with Gasteiger partial charge in [0.15, 0.2) is 0 Å². The molecular weight excluding hydrogens is 276 g/mol. The van der Waals surface area contributed by atoms with Crippen molar-refractivity contribution in [3.05, 3.63) is 54.3 Å². The Balaban J connectivity index is 1.78. The predicted molar refractivity (Wildman–Crippen MR) is 73.3 cm³/mol. The van der Waals surface area contributed by atoms with Crippen LogP contribution in [-0.4, -0.2) is 14.4 Å². The van der Waals surface area contributed by atoms with Gasteiger partial charge in [-0.2, -0.15) is 0 Å². The third-order valence-corrected chi connectivity index (χ3v) is 4.22. The van der Waals surface area contributed by atoms with Crippen LogP contribution in [0.3, 0.4) is 0 Å². The number of hydrogen-bond donors (Lipinski definition) is 0. The second-order valence-electron chi connectivity index (χ2n) is 4.20. The molecule has 0 unspecified atom stereocenters. The van der Waals surface area contributed by atoms with Gasteiger partial charge in [-0.05, 0) is 25.1 Å². The number of rotatable bonds is 4. The van der Waals surface area contributed by atoms with Crippen molar-refractivity contribution in [3.63, 3.8) is 0 Å². The molecule has 0 fully saturated rings. The summed E-state index contributed by atoms with van der Waals surface area (Å²) in [7, 11) is -1.25. The molecule has 0 saturated carbocycles. The van der Waals surface area contributed by atoms with Crippen molar-refractivity contribution in [2.75, 3.05) is 0 Å². The van der Waals surface area contributed by atoms with E-state index in [0.29, 0.717) is 22.4 Å². The fourth-order valence-electron chi connectivity index (χ4n) is 1.81. The fraction of sp³-hybridized carbons (Fsp3) is 0.143. The monoisotopic (exact) mass is 288 g/mol. The van der Waals surface area contributed by atoms with Crippen LogP contribution in [0.4, 0.5) is 0 Å². The normalized spacial score (nSPS) is 12.4. The maximum atomic E-state index is 12.2. The van der Waals surface area contributed by atoms with Gasteiger partial charge in [0.05, 0.1) is 22.0 Å². The van der Waals surface area contributed by atoms with Crippen molar-refractivity contribution in [3.8, 4) is 11.5 Å².